The van der Waals surface area contributed by atoms with E-state index in [1.165, 1.54) is 0 Å². The highest BCUT2D eigenvalue weighted by molar-refractivity contribution is 5.96. The highest BCUT2D eigenvalue weighted by Crippen LogP contribution is 2.27. The van der Waals surface area contributed by atoms with Crippen LogP contribution < -0.4 is 10.6 Å². The molecule has 102 valence electrons. The zero-order valence-corrected chi connectivity index (χ0v) is 11.2. The summed E-state index contributed by atoms with van der Waals surface area (Å²) in [5.41, 5.74) is 1.37. The van der Waals surface area contributed by atoms with Crippen molar-refractivity contribution in [2.24, 2.45) is 5.92 Å². The zero-order valence-electron chi connectivity index (χ0n) is 11.2. The van der Waals surface area contributed by atoms with E-state index in [4.69, 9.17) is 0 Å². The van der Waals surface area contributed by atoms with E-state index in [0.29, 0.717) is 12.1 Å². The van der Waals surface area contributed by atoms with Crippen LogP contribution in [0.25, 0.3) is 0 Å². The Morgan fingerprint density at radius 3 is 2.42 bits per heavy atom. The van der Waals surface area contributed by atoms with Crippen molar-refractivity contribution in [2.45, 2.75) is 32.6 Å². The summed E-state index contributed by atoms with van der Waals surface area (Å²) in [6.07, 6.45) is 4.04. The Morgan fingerprint density at radius 1 is 1.21 bits per heavy atom. The third-order valence-electron chi connectivity index (χ3n) is 3.43. The summed E-state index contributed by atoms with van der Waals surface area (Å²) in [6, 6.07) is 7.03. The summed E-state index contributed by atoms with van der Waals surface area (Å²) in [5, 5.41) is 5.70. The van der Waals surface area contributed by atoms with Gasteiger partial charge in [-0.2, -0.15) is 0 Å². The molecule has 0 bridgehead atoms. The summed E-state index contributed by atoms with van der Waals surface area (Å²) < 4.78 is 0. The molecule has 4 nitrogen and oxygen atoms in total. The Kier molecular flexibility index (Phi) is 4.55. The van der Waals surface area contributed by atoms with Gasteiger partial charge in [0.2, 0.25) is 5.91 Å². The molecular formula is C15H20N2O2. The molecule has 0 aliphatic heterocycles. The molecule has 0 radical (unpaired) electrons. The van der Waals surface area contributed by atoms with Gasteiger partial charge in [0.15, 0.2) is 0 Å². The Morgan fingerprint density at radius 2 is 1.89 bits per heavy atom. The number of rotatable bonds is 5. The lowest BCUT2D eigenvalue weighted by Gasteiger charge is -2.24. The average Bonchev–Trinajstić information content (AvgIpc) is 2.34. The second-order valence-electron chi connectivity index (χ2n) is 4.95. The van der Waals surface area contributed by atoms with Gasteiger partial charge in [0.25, 0.3) is 5.91 Å². The van der Waals surface area contributed by atoms with Crippen molar-refractivity contribution in [3.63, 3.8) is 0 Å². The van der Waals surface area contributed by atoms with Gasteiger partial charge in [-0.25, -0.2) is 0 Å². The Balaban J connectivity index is 1.90. The van der Waals surface area contributed by atoms with Crippen molar-refractivity contribution in [1.82, 2.24) is 5.32 Å². The largest absolute Gasteiger partial charge is 0.352 e. The van der Waals surface area contributed by atoms with E-state index in [2.05, 4.69) is 10.6 Å². The van der Waals surface area contributed by atoms with E-state index >= 15 is 0 Å². The predicted molar refractivity (Wildman–Crippen MR) is 75.0 cm³/mol. The number of benzene rings is 1. The van der Waals surface area contributed by atoms with E-state index in [-0.39, 0.29) is 17.7 Å². The van der Waals surface area contributed by atoms with Crippen LogP contribution in [-0.2, 0) is 4.79 Å². The quantitative estimate of drug-likeness (QED) is 0.854. The topological polar surface area (TPSA) is 58.2 Å². The van der Waals surface area contributed by atoms with Crippen molar-refractivity contribution in [3.8, 4) is 0 Å². The van der Waals surface area contributed by atoms with Gasteiger partial charge in [0.1, 0.15) is 0 Å². The standard InChI is InChI=1S/C15H20N2O2/c1-2-10-16-14(18)12-6-8-13(9-7-12)17-15(19)11-4-3-5-11/h6-9,11H,2-5,10H2,1H3,(H,16,18)(H,17,19). The highest BCUT2D eigenvalue weighted by atomic mass is 16.2. The van der Waals surface area contributed by atoms with E-state index in [1.807, 2.05) is 6.92 Å². The maximum Gasteiger partial charge on any atom is 0.251 e. The van der Waals surface area contributed by atoms with Crippen molar-refractivity contribution < 1.29 is 9.59 Å². The summed E-state index contributed by atoms with van der Waals surface area (Å²) in [4.78, 5) is 23.5. The van der Waals surface area contributed by atoms with Gasteiger partial charge in [-0.15, -0.1) is 0 Å². The maximum absolute atomic E-state index is 11.8. The first kappa shape index (κ1) is 13.6. The van der Waals surface area contributed by atoms with E-state index in [0.717, 1.165) is 31.4 Å². The second-order valence-corrected chi connectivity index (χ2v) is 4.95. The van der Waals surface area contributed by atoms with Gasteiger partial charge in [-0.1, -0.05) is 13.3 Å². The van der Waals surface area contributed by atoms with E-state index < -0.39 is 0 Å². The normalized spacial score (nSPS) is 14.6. The Hall–Kier alpha value is -1.84. The van der Waals surface area contributed by atoms with Crippen molar-refractivity contribution in [1.29, 1.82) is 0 Å². The number of hydrogen-bond donors (Lipinski definition) is 2. The molecule has 2 rings (SSSR count). The molecule has 0 spiro atoms. The summed E-state index contributed by atoms with van der Waals surface area (Å²) >= 11 is 0. The third kappa shape index (κ3) is 3.56. The van der Waals surface area contributed by atoms with Crippen LogP contribution in [0.3, 0.4) is 0 Å². The second kappa shape index (κ2) is 6.36. The van der Waals surface area contributed by atoms with Crippen LogP contribution in [0, 0.1) is 5.92 Å². The minimum absolute atomic E-state index is 0.0706. The lowest BCUT2D eigenvalue weighted by atomic mass is 9.85. The smallest absolute Gasteiger partial charge is 0.251 e. The molecule has 1 saturated carbocycles. The summed E-state index contributed by atoms with van der Waals surface area (Å²) in [7, 11) is 0. The van der Waals surface area contributed by atoms with E-state index in [9.17, 15) is 9.59 Å². The maximum atomic E-state index is 11.8. The summed E-state index contributed by atoms with van der Waals surface area (Å²) in [5.74, 6) is 0.195. The van der Waals surface area contributed by atoms with Crippen LogP contribution in [-0.4, -0.2) is 18.4 Å². The number of carbonyl (C=O) groups excluding carboxylic acids is 2. The van der Waals surface area contributed by atoms with Gasteiger partial charge in [-0.3, -0.25) is 9.59 Å². The molecule has 0 saturated heterocycles. The SMILES string of the molecule is CCCNC(=O)c1ccc(NC(=O)C2CCC2)cc1. The fraction of sp³-hybridized carbons (Fsp3) is 0.467. The van der Waals surface area contributed by atoms with Crippen molar-refractivity contribution in [2.75, 3.05) is 11.9 Å². The molecule has 1 fully saturated rings. The molecule has 19 heavy (non-hydrogen) atoms. The molecular weight excluding hydrogens is 240 g/mol. The minimum Gasteiger partial charge on any atom is -0.352 e. The Bertz CT molecular complexity index is 450. The van der Waals surface area contributed by atoms with Crippen molar-refractivity contribution >= 4 is 17.5 Å². The minimum atomic E-state index is -0.0706. The molecule has 0 heterocycles. The number of nitrogens with one attached hydrogen (secondary N) is 2. The third-order valence-corrected chi connectivity index (χ3v) is 3.43. The molecule has 1 aromatic rings. The number of hydrogen-bond acceptors (Lipinski definition) is 2. The monoisotopic (exact) mass is 260 g/mol. The molecule has 0 atom stereocenters. The first-order chi connectivity index (χ1) is 9.20. The molecule has 4 heteroatoms. The van der Waals surface area contributed by atoms with Gasteiger partial charge in [-0.05, 0) is 43.5 Å². The molecule has 0 unspecified atom stereocenters. The zero-order chi connectivity index (χ0) is 13.7. The van der Waals surface area contributed by atoms with Crippen molar-refractivity contribution in [3.05, 3.63) is 29.8 Å². The molecule has 2 N–H and O–H groups in total. The van der Waals surface area contributed by atoms with Gasteiger partial charge < -0.3 is 10.6 Å². The molecule has 2 amide bonds. The van der Waals surface area contributed by atoms with Gasteiger partial charge in [0, 0.05) is 23.7 Å². The lowest BCUT2D eigenvalue weighted by Crippen LogP contribution is -2.28. The average molecular weight is 260 g/mol. The number of anilines is 1. The first-order valence-electron chi connectivity index (χ1n) is 6.90. The lowest BCUT2D eigenvalue weighted by molar-refractivity contribution is -0.122. The van der Waals surface area contributed by atoms with Crippen LogP contribution in [0.4, 0.5) is 5.69 Å². The van der Waals surface area contributed by atoms with E-state index in [1.54, 1.807) is 24.3 Å². The Labute approximate surface area is 113 Å². The first-order valence-corrected chi connectivity index (χ1v) is 6.90. The fourth-order valence-electron chi connectivity index (χ4n) is 1.96. The predicted octanol–water partition coefficient (Wildman–Crippen LogP) is 2.57. The van der Waals surface area contributed by atoms with Crippen LogP contribution in [0.1, 0.15) is 43.0 Å². The van der Waals surface area contributed by atoms with Crippen LogP contribution >= 0.6 is 0 Å². The number of carbonyl (C=O) groups is 2. The van der Waals surface area contributed by atoms with Crippen LogP contribution in [0.5, 0.6) is 0 Å². The molecule has 1 aliphatic rings. The van der Waals surface area contributed by atoms with Crippen LogP contribution in [0.15, 0.2) is 24.3 Å². The van der Waals surface area contributed by atoms with Gasteiger partial charge >= 0.3 is 0 Å². The fourth-order valence-corrected chi connectivity index (χ4v) is 1.96. The molecule has 1 aromatic carbocycles. The highest BCUT2D eigenvalue weighted by Gasteiger charge is 2.25. The van der Waals surface area contributed by atoms with Crippen LogP contribution in [0.2, 0.25) is 0 Å². The molecule has 1 aliphatic carbocycles. The van der Waals surface area contributed by atoms with Gasteiger partial charge in [0.05, 0.1) is 0 Å². The summed E-state index contributed by atoms with van der Waals surface area (Å²) in [6.45, 7) is 2.69. The number of amides is 2. The molecule has 0 aromatic heterocycles.